The summed E-state index contributed by atoms with van der Waals surface area (Å²) >= 11 is 5.98. The largest absolute Gasteiger partial charge is 0.508 e. The molecule has 162 valence electrons. The molecule has 0 aliphatic carbocycles. The lowest BCUT2D eigenvalue weighted by molar-refractivity contribution is -0.166. The number of benzene rings is 2. The van der Waals surface area contributed by atoms with Gasteiger partial charge in [0, 0.05) is 23.0 Å². The van der Waals surface area contributed by atoms with E-state index in [9.17, 15) is 14.7 Å². The quantitative estimate of drug-likeness (QED) is 0.470. The number of halogens is 1. The van der Waals surface area contributed by atoms with Crippen molar-refractivity contribution >= 4 is 34.4 Å². The highest BCUT2D eigenvalue weighted by Gasteiger charge is 2.44. The lowest BCUT2D eigenvalue weighted by atomic mass is 9.87. The standard InChI is InChI=1S/C24H25ClN2O4/c1-24(2,3)31-23(30)19-12-17-16-6-4-5-7-18(16)26-21(17)22(27(19)20(29)13-25)14-8-10-15(28)11-9-14/h4-11,19,22,26,28H,12-13H2,1-3H3/t19-,22+/m1/s1. The van der Waals surface area contributed by atoms with Crippen molar-refractivity contribution < 1.29 is 19.4 Å². The van der Waals surface area contributed by atoms with Gasteiger partial charge in [-0.1, -0.05) is 30.3 Å². The smallest absolute Gasteiger partial charge is 0.329 e. The predicted octanol–water partition coefficient (Wildman–Crippen LogP) is 4.30. The van der Waals surface area contributed by atoms with Crippen LogP contribution < -0.4 is 0 Å². The van der Waals surface area contributed by atoms with E-state index in [1.165, 1.54) is 4.90 Å². The van der Waals surface area contributed by atoms with Crippen LogP contribution in [0.2, 0.25) is 0 Å². The first-order chi connectivity index (χ1) is 14.7. The van der Waals surface area contributed by atoms with Gasteiger partial charge in [0.1, 0.15) is 23.3 Å². The Labute approximate surface area is 185 Å². The number of aromatic nitrogens is 1. The summed E-state index contributed by atoms with van der Waals surface area (Å²) in [5, 5.41) is 10.8. The fourth-order valence-electron chi connectivity index (χ4n) is 4.22. The lowest BCUT2D eigenvalue weighted by Gasteiger charge is -2.41. The first-order valence-corrected chi connectivity index (χ1v) is 10.7. The number of phenolic OH excluding ortho intramolecular Hbond substituents is 1. The van der Waals surface area contributed by atoms with Crippen molar-refractivity contribution in [1.29, 1.82) is 0 Å². The Morgan fingerprint density at radius 3 is 2.48 bits per heavy atom. The number of aromatic hydroxyl groups is 1. The van der Waals surface area contributed by atoms with Crippen molar-refractivity contribution in [3.05, 3.63) is 65.4 Å². The number of alkyl halides is 1. The van der Waals surface area contributed by atoms with Crippen LogP contribution in [0.25, 0.3) is 10.9 Å². The van der Waals surface area contributed by atoms with Gasteiger partial charge in [0.05, 0.1) is 6.04 Å². The monoisotopic (exact) mass is 440 g/mol. The highest BCUT2D eigenvalue weighted by molar-refractivity contribution is 6.27. The van der Waals surface area contributed by atoms with Crippen LogP contribution in [-0.4, -0.2) is 44.4 Å². The van der Waals surface area contributed by atoms with Gasteiger partial charge < -0.3 is 19.7 Å². The summed E-state index contributed by atoms with van der Waals surface area (Å²) in [5.74, 6) is -0.968. The molecule has 0 fully saturated rings. The third-order valence-electron chi connectivity index (χ3n) is 5.42. The van der Waals surface area contributed by atoms with E-state index >= 15 is 0 Å². The Kier molecular flexibility index (Phi) is 5.43. The Balaban J connectivity index is 1.93. The molecule has 2 N–H and O–H groups in total. The summed E-state index contributed by atoms with van der Waals surface area (Å²) in [6, 6.07) is 13.1. The fraction of sp³-hybridized carbons (Fsp3) is 0.333. The number of nitrogens with one attached hydrogen (secondary N) is 1. The van der Waals surface area contributed by atoms with Crippen LogP contribution in [0, 0.1) is 0 Å². The first-order valence-electron chi connectivity index (χ1n) is 10.2. The number of H-pyrrole nitrogens is 1. The van der Waals surface area contributed by atoms with Gasteiger partial charge in [0.15, 0.2) is 0 Å². The number of ether oxygens (including phenoxy) is 1. The molecule has 0 radical (unpaired) electrons. The number of carbonyl (C=O) groups excluding carboxylic acids is 2. The van der Waals surface area contributed by atoms with E-state index in [-0.39, 0.29) is 17.5 Å². The number of amides is 1. The van der Waals surface area contributed by atoms with Gasteiger partial charge in [0.2, 0.25) is 5.91 Å². The summed E-state index contributed by atoms with van der Waals surface area (Å²) in [4.78, 5) is 31.2. The average Bonchev–Trinajstić information content (AvgIpc) is 3.09. The number of esters is 1. The molecule has 2 heterocycles. The molecule has 4 rings (SSSR count). The van der Waals surface area contributed by atoms with Crippen molar-refractivity contribution in [2.75, 3.05) is 5.88 Å². The first kappa shape index (κ1) is 21.2. The lowest BCUT2D eigenvalue weighted by Crippen LogP contribution is -2.53. The van der Waals surface area contributed by atoms with Crippen LogP contribution in [0.15, 0.2) is 48.5 Å². The van der Waals surface area contributed by atoms with Crippen LogP contribution >= 0.6 is 11.6 Å². The zero-order valence-electron chi connectivity index (χ0n) is 17.7. The molecule has 3 aromatic rings. The third kappa shape index (κ3) is 4.00. The summed E-state index contributed by atoms with van der Waals surface area (Å²) in [5.41, 5.74) is 2.81. The van der Waals surface area contributed by atoms with Crippen LogP contribution in [0.4, 0.5) is 0 Å². The minimum Gasteiger partial charge on any atom is -0.508 e. The fourth-order valence-corrected chi connectivity index (χ4v) is 4.36. The van der Waals surface area contributed by atoms with Gasteiger partial charge in [0.25, 0.3) is 0 Å². The Bertz CT molecular complexity index is 1130. The minimum absolute atomic E-state index is 0.121. The molecule has 2 atom stereocenters. The molecule has 1 aromatic heterocycles. The Morgan fingerprint density at radius 2 is 1.84 bits per heavy atom. The topological polar surface area (TPSA) is 82.6 Å². The second-order valence-corrected chi connectivity index (χ2v) is 9.01. The summed E-state index contributed by atoms with van der Waals surface area (Å²) in [7, 11) is 0. The molecule has 2 aromatic carbocycles. The van der Waals surface area contributed by atoms with Gasteiger partial charge in [-0.2, -0.15) is 0 Å². The summed E-state index contributed by atoms with van der Waals surface area (Å²) in [6.45, 7) is 5.40. The average molecular weight is 441 g/mol. The molecular formula is C24H25ClN2O4. The number of rotatable bonds is 3. The van der Waals surface area contributed by atoms with Gasteiger partial charge in [-0.05, 0) is 50.1 Å². The van der Waals surface area contributed by atoms with E-state index in [4.69, 9.17) is 16.3 Å². The van der Waals surface area contributed by atoms with E-state index in [1.807, 2.05) is 24.3 Å². The number of nitrogens with zero attached hydrogens (tertiary/aromatic N) is 1. The van der Waals surface area contributed by atoms with Gasteiger partial charge in [-0.25, -0.2) is 4.79 Å². The van der Waals surface area contributed by atoms with Crippen molar-refractivity contribution in [2.45, 2.75) is 44.9 Å². The molecule has 0 unspecified atom stereocenters. The SMILES string of the molecule is CC(C)(C)OC(=O)[C@H]1Cc2c([nH]c3ccccc23)[C@H](c2ccc(O)cc2)N1C(=O)CCl. The van der Waals surface area contributed by atoms with Crippen LogP contribution in [-0.2, 0) is 20.7 Å². The molecule has 6 nitrogen and oxygen atoms in total. The van der Waals surface area contributed by atoms with Crippen LogP contribution in [0.3, 0.4) is 0 Å². The normalized spacial score (nSPS) is 18.6. The van der Waals surface area contributed by atoms with Crippen molar-refractivity contribution in [3.63, 3.8) is 0 Å². The Hall–Kier alpha value is -2.99. The predicted molar refractivity (Wildman–Crippen MR) is 119 cm³/mol. The number of aromatic amines is 1. The van der Waals surface area contributed by atoms with Gasteiger partial charge in [-0.15, -0.1) is 11.6 Å². The van der Waals surface area contributed by atoms with Crippen molar-refractivity contribution in [1.82, 2.24) is 9.88 Å². The number of carbonyl (C=O) groups is 2. The summed E-state index contributed by atoms with van der Waals surface area (Å²) in [6.07, 6.45) is 0.325. The maximum Gasteiger partial charge on any atom is 0.329 e. The molecule has 7 heteroatoms. The van der Waals surface area contributed by atoms with Crippen LogP contribution in [0.5, 0.6) is 5.75 Å². The van der Waals surface area contributed by atoms with E-state index < -0.39 is 23.7 Å². The molecule has 0 spiro atoms. The van der Waals surface area contributed by atoms with Gasteiger partial charge in [-0.3, -0.25) is 4.79 Å². The van der Waals surface area contributed by atoms with E-state index in [0.29, 0.717) is 6.42 Å². The molecule has 1 aliphatic rings. The second-order valence-electron chi connectivity index (χ2n) is 8.74. The van der Waals surface area contributed by atoms with Crippen molar-refractivity contribution in [3.8, 4) is 5.75 Å². The molecule has 31 heavy (non-hydrogen) atoms. The zero-order valence-corrected chi connectivity index (χ0v) is 18.4. The summed E-state index contributed by atoms with van der Waals surface area (Å²) < 4.78 is 5.68. The highest BCUT2D eigenvalue weighted by atomic mass is 35.5. The van der Waals surface area contributed by atoms with E-state index in [2.05, 4.69) is 4.98 Å². The second kappa shape index (κ2) is 7.93. The maximum absolute atomic E-state index is 13.2. The van der Waals surface area contributed by atoms with E-state index in [1.54, 1.807) is 45.0 Å². The number of fused-ring (bicyclic) bond motifs is 3. The number of phenols is 1. The molecule has 0 saturated heterocycles. The van der Waals surface area contributed by atoms with Crippen LogP contribution in [0.1, 0.15) is 43.6 Å². The van der Waals surface area contributed by atoms with Gasteiger partial charge >= 0.3 is 5.97 Å². The highest BCUT2D eigenvalue weighted by Crippen LogP contribution is 2.41. The molecule has 0 bridgehead atoms. The minimum atomic E-state index is -0.823. The number of hydrogen-bond acceptors (Lipinski definition) is 4. The molecule has 1 aliphatic heterocycles. The third-order valence-corrected chi connectivity index (χ3v) is 5.65. The Morgan fingerprint density at radius 1 is 1.16 bits per heavy atom. The maximum atomic E-state index is 13.2. The molecular weight excluding hydrogens is 416 g/mol. The number of hydrogen-bond donors (Lipinski definition) is 2. The molecule has 0 saturated carbocycles. The number of para-hydroxylation sites is 1. The zero-order chi connectivity index (χ0) is 22.3. The molecule has 1 amide bonds. The van der Waals surface area contributed by atoms with E-state index in [0.717, 1.165) is 27.7 Å². The van der Waals surface area contributed by atoms with Crippen molar-refractivity contribution in [2.24, 2.45) is 0 Å².